The summed E-state index contributed by atoms with van der Waals surface area (Å²) in [4.78, 5) is 11.8. The van der Waals surface area contributed by atoms with Crippen LogP contribution in [0.1, 0.15) is 28.8 Å². The molecule has 94 valence electrons. The number of rotatable bonds is 4. The molecule has 1 aliphatic carbocycles. The molecule has 1 aromatic carbocycles. The first-order valence-corrected chi connectivity index (χ1v) is 5.50. The monoisotopic (exact) mass is 258 g/mol. The summed E-state index contributed by atoms with van der Waals surface area (Å²) in [7, 11) is 0. The van der Waals surface area contributed by atoms with Gasteiger partial charge in [-0.05, 0) is 43.5 Å². The summed E-state index contributed by atoms with van der Waals surface area (Å²) in [6, 6.07) is 4.55. The fourth-order valence-electron chi connectivity index (χ4n) is 1.62. The molecule has 1 saturated carbocycles. The van der Waals surface area contributed by atoms with E-state index in [2.05, 4.69) is 5.32 Å². The van der Waals surface area contributed by atoms with E-state index in [9.17, 15) is 9.18 Å². The maximum Gasteiger partial charge on any atom is 0.251 e. The molecule has 0 aliphatic heterocycles. The predicted molar refractivity (Wildman–Crippen MR) is 66.9 cm³/mol. The van der Waals surface area contributed by atoms with E-state index in [-0.39, 0.29) is 30.2 Å². The zero-order valence-electron chi connectivity index (χ0n) is 9.41. The number of nitrogens with two attached hydrogens (primary N) is 1. The topological polar surface area (TPSA) is 55.1 Å². The maximum atomic E-state index is 13.1. The molecule has 2 rings (SSSR count). The molecule has 17 heavy (non-hydrogen) atoms. The first-order chi connectivity index (χ1) is 7.70. The molecule has 0 aromatic heterocycles. The van der Waals surface area contributed by atoms with Gasteiger partial charge in [0.15, 0.2) is 0 Å². The highest BCUT2D eigenvalue weighted by Gasteiger charge is 2.24. The molecule has 1 amide bonds. The molecule has 1 aromatic rings. The fraction of sp³-hybridized carbons (Fsp3) is 0.417. The van der Waals surface area contributed by atoms with Crippen molar-refractivity contribution in [1.82, 2.24) is 5.32 Å². The minimum Gasteiger partial charge on any atom is -0.349 e. The standard InChI is InChI=1S/C12H15FN2O.ClH/c13-9-2-1-8(5-6-14)11(7-9)12(16)15-10-3-4-10;/h1-2,7,10H,3-6,14H2,(H,15,16);1H. The predicted octanol–water partition coefficient (Wildman–Crippen LogP) is 1.64. The SMILES string of the molecule is Cl.NCCc1ccc(F)cc1C(=O)NC1CC1. The van der Waals surface area contributed by atoms with Crippen molar-refractivity contribution in [2.24, 2.45) is 5.73 Å². The van der Waals surface area contributed by atoms with Crippen LogP contribution in [-0.2, 0) is 6.42 Å². The van der Waals surface area contributed by atoms with Gasteiger partial charge in [0.25, 0.3) is 5.91 Å². The molecule has 0 unspecified atom stereocenters. The van der Waals surface area contributed by atoms with Gasteiger partial charge in [-0.2, -0.15) is 0 Å². The lowest BCUT2D eigenvalue weighted by Crippen LogP contribution is -2.27. The Morgan fingerprint density at radius 2 is 2.18 bits per heavy atom. The zero-order valence-corrected chi connectivity index (χ0v) is 10.2. The number of halogens is 2. The van der Waals surface area contributed by atoms with E-state index in [1.165, 1.54) is 12.1 Å². The van der Waals surface area contributed by atoms with Crippen LogP contribution in [0.15, 0.2) is 18.2 Å². The summed E-state index contributed by atoms with van der Waals surface area (Å²) in [5.41, 5.74) is 6.68. The van der Waals surface area contributed by atoms with Crippen molar-refractivity contribution < 1.29 is 9.18 Å². The van der Waals surface area contributed by atoms with Gasteiger partial charge in [0.05, 0.1) is 0 Å². The highest BCUT2D eigenvalue weighted by molar-refractivity contribution is 5.96. The van der Waals surface area contributed by atoms with Crippen molar-refractivity contribution in [3.63, 3.8) is 0 Å². The lowest BCUT2D eigenvalue weighted by atomic mass is 10.0. The second kappa shape index (κ2) is 5.98. The van der Waals surface area contributed by atoms with E-state index in [0.29, 0.717) is 18.5 Å². The molecule has 0 spiro atoms. The number of carbonyl (C=O) groups excluding carboxylic acids is 1. The van der Waals surface area contributed by atoms with Crippen LogP contribution in [0.5, 0.6) is 0 Å². The zero-order chi connectivity index (χ0) is 11.5. The highest BCUT2D eigenvalue weighted by Crippen LogP contribution is 2.20. The normalized spacial score (nSPS) is 14.0. The van der Waals surface area contributed by atoms with Crippen molar-refractivity contribution in [3.8, 4) is 0 Å². The van der Waals surface area contributed by atoms with Crippen LogP contribution in [0.4, 0.5) is 4.39 Å². The highest BCUT2D eigenvalue weighted by atomic mass is 35.5. The van der Waals surface area contributed by atoms with Crippen molar-refractivity contribution in [2.75, 3.05) is 6.54 Å². The third-order valence-electron chi connectivity index (χ3n) is 2.64. The summed E-state index contributed by atoms with van der Waals surface area (Å²) in [6.45, 7) is 0.454. The molecule has 3 nitrogen and oxygen atoms in total. The molecule has 1 aliphatic rings. The maximum absolute atomic E-state index is 13.1. The molecule has 0 atom stereocenters. The molecular formula is C12H16ClFN2O. The van der Waals surface area contributed by atoms with Gasteiger partial charge in [-0.15, -0.1) is 12.4 Å². The van der Waals surface area contributed by atoms with Crippen molar-refractivity contribution in [3.05, 3.63) is 35.1 Å². The van der Waals surface area contributed by atoms with Gasteiger partial charge in [0.1, 0.15) is 5.82 Å². The lowest BCUT2D eigenvalue weighted by molar-refractivity contribution is 0.0949. The van der Waals surface area contributed by atoms with E-state index in [1.807, 2.05) is 0 Å². The van der Waals surface area contributed by atoms with Crippen LogP contribution in [0.3, 0.4) is 0 Å². The number of benzene rings is 1. The Labute approximate surface area is 106 Å². The quantitative estimate of drug-likeness (QED) is 0.863. The third kappa shape index (κ3) is 3.68. The van der Waals surface area contributed by atoms with E-state index in [0.717, 1.165) is 18.4 Å². The molecule has 0 bridgehead atoms. The lowest BCUT2D eigenvalue weighted by Gasteiger charge is -2.09. The van der Waals surface area contributed by atoms with Crippen molar-refractivity contribution in [2.45, 2.75) is 25.3 Å². The molecular weight excluding hydrogens is 243 g/mol. The summed E-state index contributed by atoms with van der Waals surface area (Å²) in [6.07, 6.45) is 2.63. The second-order valence-corrected chi connectivity index (χ2v) is 4.09. The van der Waals surface area contributed by atoms with E-state index >= 15 is 0 Å². The van der Waals surface area contributed by atoms with Gasteiger partial charge >= 0.3 is 0 Å². The van der Waals surface area contributed by atoms with Gasteiger partial charge in [-0.1, -0.05) is 6.07 Å². The number of nitrogens with one attached hydrogen (secondary N) is 1. The minimum absolute atomic E-state index is 0. The average Bonchev–Trinajstić information content (AvgIpc) is 3.05. The largest absolute Gasteiger partial charge is 0.349 e. The van der Waals surface area contributed by atoms with Crippen molar-refractivity contribution >= 4 is 18.3 Å². The number of amides is 1. The smallest absolute Gasteiger partial charge is 0.251 e. The molecule has 3 N–H and O–H groups in total. The summed E-state index contributed by atoms with van der Waals surface area (Å²) >= 11 is 0. The van der Waals surface area contributed by atoms with Gasteiger partial charge < -0.3 is 11.1 Å². The van der Waals surface area contributed by atoms with Crippen LogP contribution >= 0.6 is 12.4 Å². The van der Waals surface area contributed by atoms with Crippen LogP contribution in [0.2, 0.25) is 0 Å². The van der Waals surface area contributed by atoms with Crippen LogP contribution in [-0.4, -0.2) is 18.5 Å². The minimum atomic E-state index is -0.387. The summed E-state index contributed by atoms with van der Waals surface area (Å²) < 4.78 is 13.1. The first-order valence-electron chi connectivity index (χ1n) is 5.50. The Bertz CT molecular complexity index is 407. The Morgan fingerprint density at radius 1 is 1.47 bits per heavy atom. The second-order valence-electron chi connectivity index (χ2n) is 4.09. The Hall–Kier alpha value is -1.13. The Morgan fingerprint density at radius 3 is 2.76 bits per heavy atom. The van der Waals surface area contributed by atoms with E-state index in [1.54, 1.807) is 6.07 Å². The summed E-state index contributed by atoms with van der Waals surface area (Å²) in [5.74, 6) is -0.577. The van der Waals surface area contributed by atoms with E-state index in [4.69, 9.17) is 5.73 Å². The average molecular weight is 259 g/mol. The van der Waals surface area contributed by atoms with Gasteiger partial charge in [-0.3, -0.25) is 4.79 Å². The van der Waals surface area contributed by atoms with Crippen molar-refractivity contribution in [1.29, 1.82) is 0 Å². The molecule has 0 radical (unpaired) electrons. The number of hydrogen-bond acceptors (Lipinski definition) is 2. The molecule has 0 heterocycles. The molecule has 5 heteroatoms. The van der Waals surface area contributed by atoms with Crippen LogP contribution < -0.4 is 11.1 Å². The summed E-state index contributed by atoms with van der Waals surface area (Å²) in [5, 5.41) is 2.85. The Balaban J connectivity index is 0.00000144. The van der Waals surface area contributed by atoms with Crippen LogP contribution in [0, 0.1) is 5.82 Å². The Kier molecular flexibility index (Phi) is 4.90. The van der Waals surface area contributed by atoms with Gasteiger partial charge in [0.2, 0.25) is 0 Å². The van der Waals surface area contributed by atoms with Gasteiger partial charge in [-0.25, -0.2) is 4.39 Å². The van der Waals surface area contributed by atoms with E-state index < -0.39 is 0 Å². The number of carbonyl (C=O) groups is 1. The molecule has 1 fully saturated rings. The first kappa shape index (κ1) is 13.9. The fourth-order valence-corrected chi connectivity index (χ4v) is 1.62. The molecule has 0 saturated heterocycles. The number of hydrogen-bond donors (Lipinski definition) is 2. The van der Waals surface area contributed by atoms with Crippen LogP contribution in [0.25, 0.3) is 0 Å². The van der Waals surface area contributed by atoms with Gasteiger partial charge in [0, 0.05) is 11.6 Å². The third-order valence-corrected chi connectivity index (χ3v) is 2.64.